The largest absolute Gasteiger partial charge is 0.444 e. The zero-order valence-corrected chi connectivity index (χ0v) is 14.6. The van der Waals surface area contributed by atoms with Gasteiger partial charge in [-0.1, -0.05) is 6.92 Å². The number of piperidine rings is 1. The van der Waals surface area contributed by atoms with Crippen molar-refractivity contribution in [3.63, 3.8) is 0 Å². The number of likely N-dealkylation sites (tertiary alicyclic amines) is 1. The summed E-state index contributed by atoms with van der Waals surface area (Å²) in [4.78, 5) is 14.0. The number of hydrogen-bond acceptors (Lipinski definition) is 4. The number of carbonyl (C=O) groups is 1. The Labute approximate surface area is 134 Å². The lowest BCUT2D eigenvalue weighted by atomic mass is 9.80. The first-order chi connectivity index (χ1) is 10.3. The first-order valence-electron chi connectivity index (χ1n) is 8.57. The summed E-state index contributed by atoms with van der Waals surface area (Å²) in [6.07, 6.45) is 4.11. The van der Waals surface area contributed by atoms with Crippen LogP contribution in [0.5, 0.6) is 0 Å². The smallest absolute Gasteiger partial charge is 0.410 e. The monoisotopic (exact) mass is 312 g/mol. The van der Waals surface area contributed by atoms with Crippen LogP contribution < -0.4 is 5.32 Å². The first-order valence-corrected chi connectivity index (χ1v) is 8.57. The van der Waals surface area contributed by atoms with Gasteiger partial charge in [0.1, 0.15) is 5.60 Å². The Kier molecular flexibility index (Phi) is 5.72. The summed E-state index contributed by atoms with van der Waals surface area (Å²) in [7, 11) is 0. The Morgan fingerprint density at radius 2 is 1.86 bits per heavy atom. The van der Waals surface area contributed by atoms with Gasteiger partial charge < -0.3 is 19.7 Å². The topological polar surface area (TPSA) is 50.8 Å². The minimum Gasteiger partial charge on any atom is -0.444 e. The number of nitrogens with zero attached hydrogens (tertiary/aromatic N) is 1. The first kappa shape index (κ1) is 17.5. The number of amides is 1. The zero-order chi connectivity index (χ0) is 16.2. The Balaban J connectivity index is 1.74. The molecule has 0 aromatic rings. The van der Waals surface area contributed by atoms with E-state index >= 15 is 0 Å². The van der Waals surface area contributed by atoms with Crippen LogP contribution in [0.15, 0.2) is 0 Å². The lowest BCUT2D eigenvalue weighted by molar-refractivity contribution is 0.0108. The molecule has 2 fully saturated rings. The molecule has 1 amide bonds. The Hall–Kier alpha value is -0.810. The Morgan fingerprint density at radius 3 is 2.41 bits per heavy atom. The summed E-state index contributed by atoms with van der Waals surface area (Å²) in [6, 6.07) is 0.592. The van der Waals surface area contributed by atoms with Crippen LogP contribution in [-0.2, 0) is 9.47 Å². The quantitative estimate of drug-likeness (QED) is 0.870. The van der Waals surface area contributed by atoms with Crippen molar-refractivity contribution < 1.29 is 14.3 Å². The summed E-state index contributed by atoms with van der Waals surface area (Å²) in [5, 5.41) is 3.70. The molecule has 5 nitrogen and oxygen atoms in total. The second kappa shape index (κ2) is 7.18. The van der Waals surface area contributed by atoms with Crippen molar-refractivity contribution in [2.75, 3.05) is 32.8 Å². The van der Waals surface area contributed by atoms with Gasteiger partial charge in [0.2, 0.25) is 0 Å². The third-order valence-corrected chi connectivity index (χ3v) is 4.66. The molecule has 1 N–H and O–H groups in total. The highest BCUT2D eigenvalue weighted by Crippen LogP contribution is 2.31. The van der Waals surface area contributed by atoms with E-state index in [1.165, 1.54) is 0 Å². The van der Waals surface area contributed by atoms with Crippen LogP contribution in [0.3, 0.4) is 0 Å². The van der Waals surface area contributed by atoms with Gasteiger partial charge in [-0.05, 0) is 51.9 Å². The van der Waals surface area contributed by atoms with Gasteiger partial charge in [-0.2, -0.15) is 0 Å². The average Bonchev–Trinajstić information content (AvgIpc) is 2.45. The summed E-state index contributed by atoms with van der Waals surface area (Å²) >= 11 is 0. The molecule has 0 aliphatic carbocycles. The summed E-state index contributed by atoms with van der Waals surface area (Å²) in [5.74, 6) is 0. The summed E-state index contributed by atoms with van der Waals surface area (Å²) < 4.78 is 10.9. The van der Waals surface area contributed by atoms with Gasteiger partial charge in [0.15, 0.2) is 0 Å². The van der Waals surface area contributed by atoms with Crippen molar-refractivity contribution in [1.82, 2.24) is 10.2 Å². The molecule has 0 unspecified atom stereocenters. The fourth-order valence-electron chi connectivity index (χ4n) is 3.02. The third kappa shape index (κ3) is 5.43. The van der Waals surface area contributed by atoms with Crippen molar-refractivity contribution in [2.45, 2.75) is 65.0 Å². The number of rotatable bonds is 3. The second-order valence-electron chi connectivity index (χ2n) is 8.05. The molecule has 2 saturated heterocycles. The third-order valence-electron chi connectivity index (χ3n) is 4.66. The van der Waals surface area contributed by atoms with E-state index in [1.807, 2.05) is 25.7 Å². The molecular weight excluding hydrogens is 280 g/mol. The maximum atomic E-state index is 12.1. The summed E-state index contributed by atoms with van der Waals surface area (Å²) in [5.41, 5.74) is -0.140. The molecule has 0 bridgehead atoms. The van der Waals surface area contributed by atoms with Gasteiger partial charge in [-0.25, -0.2) is 4.79 Å². The van der Waals surface area contributed by atoms with Crippen LogP contribution >= 0.6 is 0 Å². The molecule has 2 rings (SSSR count). The van der Waals surface area contributed by atoms with Gasteiger partial charge in [-0.15, -0.1) is 0 Å². The molecule has 2 aliphatic rings. The van der Waals surface area contributed by atoms with E-state index in [0.29, 0.717) is 6.04 Å². The van der Waals surface area contributed by atoms with Crippen LogP contribution in [0.4, 0.5) is 4.79 Å². The van der Waals surface area contributed by atoms with E-state index in [4.69, 9.17) is 9.47 Å². The van der Waals surface area contributed by atoms with Gasteiger partial charge in [-0.3, -0.25) is 0 Å². The molecule has 5 heteroatoms. The number of carbonyl (C=O) groups excluding carboxylic acids is 1. The van der Waals surface area contributed by atoms with Gasteiger partial charge in [0, 0.05) is 38.9 Å². The highest BCUT2D eigenvalue weighted by atomic mass is 16.6. The molecule has 0 atom stereocenters. The van der Waals surface area contributed by atoms with Crippen molar-refractivity contribution in [3.8, 4) is 0 Å². The maximum absolute atomic E-state index is 12.1. The maximum Gasteiger partial charge on any atom is 0.410 e. The van der Waals surface area contributed by atoms with Gasteiger partial charge >= 0.3 is 6.09 Å². The Bertz CT molecular complexity index is 365. The lowest BCUT2D eigenvalue weighted by Crippen LogP contribution is -2.49. The van der Waals surface area contributed by atoms with E-state index in [9.17, 15) is 4.79 Å². The highest BCUT2D eigenvalue weighted by molar-refractivity contribution is 5.68. The van der Waals surface area contributed by atoms with E-state index in [0.717, 1.165) is 58.5 Å². The molecular formula is C17H32N2O3. The zero-order valence-electron chi connectivity index (χ0n) is 14.6. The minimum atomic E-state index is -0.414. The molecule has 0 spiro atoms. The fourth-order valence-corrected chi connectivity index (χ4v) is 3.02. The van der Waals surface area contributed by atoms with Crippen LogP contribution in [-0.4, -0.2) is 55.5 Å². The molecule has 2 heterocycles. The van der Waals surface area contributed by atoms with Crippen molar-refractivity contribution in [1.29, 1.82) is 0 Å². The molecule has 0 aromatic carbocycles. The van der Waals surface area contributed by atoms with E-state index in [2.05, 4.69) is 12.2 Å². The molecule has 0 radical (unpaired) electrons. The second-order valence-corrected chi connectivity index (χ2v) is 8.05. The molecule has 0 aromatic heterocycles. The predicted octanol–water partition coefficient (Wildman–Crippen LogP) is 2.79. The van der Waals surface area contributed by atoms with Crippen LogP contribution in [0, 0.1) is 5.41 Å². The minimum absolute atomic E-state index is 0.174. The molecule has 0 saturated carbocycles. The average molecular weight is 312 g/mol. The SMILES string of the molecule is CC1(CNC2CCOCC2)CCN(C(=O)OC(C)(C)C)CC1. The summed E-state index contributed by atoms with van der Waals surface area (Å²) in [6.45, 7) is 12.4. The van der Waals surface area contributed by atoms with Crippen molar-refractivity contribution in [2.24, 2.45) is 5.41 Å². The van der Waals surface area contributed by atoms with Gasteiger partial charge in [0.05, 0.1) is 0 Å². The molecule has 22 heavy (non-hydrogen) atoms. The number of hydrogen-bond donors (Lipinski definition) is 1. The lowest BCUT2D eigenvalue weighted by Gasteiger charge is -2.40. The normalized spacial score (nSPS) is 23.4. The van der Waals surface area contributed by atoms with Crippen LogP contribution in [0.25, 0.3) is 0 Å². The number of ether oxygens (including phenoxy) is 2. The van der Waals surface area contributed by atoms with E-state index < -0.39 is 5.60 Å². The molecule has 128 valence electrons. The predicted molar refractivity (Wildman–Crippen MR) is 87.0 cm³/mol. The Morgan fingerprint density at radius 1 is 1.27 bits per heavy atom. The van der Waals surface area contributed by atoms with Crippen LogP contribution in [0.2, 0.25) is 0 Å². The fraction of sp³-hybridized carbons (Fsp3) is 0.941. The molecule has 2 aliphatic heterocycles. The van der Waals surface area contributed by atoms with E-state index in [1.54, 1.807) is 0 Å². The van der Waals surface area contributed by atoms with Gasteiger partial charge in [0.25, 0.3) is 0 Å². The standard InChI is InChI=1S/C17H32N2O3/c1-16(2,3)22-15(20)19-9-7-17(4,8-10-19)13-18-14-5-11-21-12-6-14/h14,18H,5-13H2,1-4H3. The van der Waals surface area contributed by atoms with E-state index in [-0.39, 0.29) is 11.5 Å². The van der Waals surface area contributed by atoms with Crippen LogP contribution in [0.1, 0.15) is 53.4 Å². The van der Waals surface area contributed by atoms with Crippen molar-refractivity contribution >= 4 is 6.09 Å². The highest BCUT2D eigenvalue weighted by Gasteiger charge is 2.34. The number of nitrogens with one attached hydrogen (secondary N) is 1. The van der Waals surface area contributed by atoms with Crippen molar-refractivity contribution in [3.05, 3.63) is 0 Å².